The van der Waals surface area contributed by atoms with Crippen LogP contribution in [0.5, 0.6) is 11.5 Å². The maximum Gasteiger partial charge on any atom is 0.146 e. The molecule has 0 spiro atoms. The number of aryl methyl sites for hydroxylation is 2. The highest BCUT2D eigenvalue weighted by Gasteiger charge is 2.07. The number of hydrogen-bond acceptors (Lipinski definition) is 2. The summed E-state index contributed by atoms with van der Waals surface area (Å²) in [5.74, 6) is 1.45. The molecule has 2 aromatic carbocycles. The van der Waals surface area contributed by atoms with E-state index in [1.54, 1.807) is 0 Å². The molecule has 0 amide bonds. The topological polar surface area (TPSA) is 35.2 Å². The fraction of sp³-hybridized carbons (Fsp3) is 0.250. The third-order valence-corrected chi connectivity index (χ3v) is 4.61. The molecule has 0 aliphatic carbocycles. The largest absolute Gasteiger partial charge is 0.456 e. The molecule has 2 N–H and O–H groups in total. The monoisotopic (exact) mass is 353 g/mol. The van der Waals surface area contributed by atoms with Crippen molar-refractivity contribution in [3.8, 4) is 11.5 Å². The van der Waals surface area contributed by atoms with Gasteiger partial charge in [-0.3, -0.25) is 0 Å². The van der Waals surface area contributed by atoms with Gasteiger partial charge in [-0.1, -0.05) is 33.6 Å². The Kier molecular flexibility index (Phi) is 5.08. The molecule has 20 heavy (non-hydrogen) atoms. The summed E-state index contributed by atoms with van der Waals surface area (Å²) in [6.45, 7) is 4.69. The quantitative estimate of drug-likeness (QED) is 0.837. The van der Waals surface area contributed by atoms with E-state index in [9.17, 15) is 0 Å². The standard InChI is InChI=1S/C16H17BrClNO/c1-10-7-13(8-11(2)16(10)17)20-15-4-3-12(5-6-19)9-14(15)18/h3-4,7-9H,5-6,19H2,1-2H3. The van der Waals surface area contributed by atoms with Gasteiger partial charge < -0.3 is 10.5 Å². The SMILES string of the molecule is Cc1cc(Oc2ccc(CCN)cc2Cl)cc(C)c1Br. The maximum absolute atomic E-state index is 6.25. The number of nitrogens with two attached hydrogens (primary N) is 1. The molecule has 0 fully saturated rings. The Morgan fingerprint density at radius 1 is 1.15 bits per heavy atom. The van der Waals surface area contributed by atoms with Crippen molar-refractivity contribution in [1.82, 2.24) is 0 Å². The van der Waals surface area contributed by atoms with Crippen molar-refractivity contribution in [3.05, 3.63) is 56.5 Å². The van der Waals surface area contributed by atoms with E-state index < -0.39 is 0 Å². The molecule has 0 heterocycles. The van der Waals surface area contributed by atoms with Gasteiger partial charge in [0.25, 0.3) is 0 Å². The first kappa shape index (κ1) is 15.4. The summed E-state index contributed by atoms with van der Waals surface area (Å²) in [7, 11) is 0. The normalized spacial score (nSPS) is 10.7. The highest BCUT2D eigenvalue weighted by Crippen LogP contribution is 2.33. The predicted molar refractivity (Wildman–Crippen MR) is 87.9 cm³/mol. The van der Waals surface area contributed by atoms with Crippen molar-refractivity contribution in [2.75, 3.05) is 6.54 Å². The van der Waals surface area contributed by atoms with Crippen LogP contribution in [0.2, 0.25) is 5.02 Å². The minimum absolute atomic E-state index is 0.606. The van der Waals surface area contributed by atoms with E-state index in [1.807, 2.05) is 44.2 Å². The fourth-order valence-corrected chi connectivity index (χ4v) is 2.51. The van der Waals surface area contributed by atoms with Crippen molar-refractivity contribution in [2.24, 2.45) is 5.73 Å². The Morgan fingerprint density at radius 3 is 2.35 bits per heavy atom. The van der Waals surface area contributed by atoms with Crippen LogP contribution in [0.3, 0.4) is 0 Å². The Bertz CT molecular complexity index is 605. The molecule has 0 aromatic heterocycles. The molecule has 0 unspecified atom stereocenters. The number of halogens is 2. The summed E-state index contributed by atoms with van der Waals surface area (Å²) in [4.78, 5) is 0. The van der Waals surface area contributed by atoms with Crippen LogP contribution in [0.4, 0.5) is 0 Å². The van der Waals surface area contributed by atoms with Crippen LogP contribution in [0.15, 0.2) is 34.8 Å². The lowest BCUT2D eigenvalue weighted by atomic mass is 10.1. The van der Waals surface area contributed by atoms with Crippen LogP contribution in [-0.2, 0) is 6.42 Å². The Morgan fingerprint density at radius 2 is 1.80 bits per heavy atom. The zero-order chi connectivity index (χ0) is 14.7. The highest BCUT2D eigenvalue weighted by atomic mass is 79.9. The molecular weight excluding hydrogens is 338 g/mol. The summed E-state index contributed by atoms with van der Waals surface area (Å²) >= 11 is 9.80. The smallest absolute Gasteiger partial charge is 0.146 e. The van der Waals surface area contributed by atoms with Crippen molar-refractivity contribution in [2.45, 2.75) is 20.3 Å². The van der Waals surface area contributed by atoms with Crippen LogP contribution in [-0.4, -0.2) is 6.54 Å². The lowest BCUT2D eigenvalue weighted by Gasteiger charge is -2.12. The Balaban J connectivity index is 2.26. The lowest BCUT2D eigenvalue weighted by molar-refractivity contribution is 0.481. The first-order valence-electron chi connectivity index (χ1n) is 6.44. The number of ether oxygens (including phenoxy) is 1. The molecule has 0 saturated carbocycles. The second-order valence-electron chi connectivity index (χ2n) is 4.78. The third kappa shape index (κ3) is 3.54. The number of benzene rings is 2. The van der Waals surface area contributed by atoms with Gasteiger partial charge in [0.05, 0.1) is 5.02 Å². The zero-order valence-electron chi connectivity index (χ0n) is 11.5. The molecule has 0 atom stereocenters. The van der Waals surface area contributed by atoms with Gasteiger partial charge in [-0.25, -0.2) is 0 Å². The molecule has 0 radical (unpaired) electrons. The fourth-order valence-electron chi connectivity index (χ4n) is 2.04. The second-order valence-corrected chi connectivity index (χ2v) is 5.98. The molecule has 2 rings (SSSR count). The van der Waals surface area contributed by atoms with E-state index >= 15 is 0 Å². The summed E-state index contributed by atoms with van der Waals surface area (Å²) < 4.78 is 6.98. The summed E-state index contributed by atoms with van der Waals surface area (Å²) in [6, 6.07) is 9.76. The van der Waals surface area contributed by atoms with Crippen LogP contribution in [0.1, 0.15) is 16.7 Å². The molecule has 2 aromatic rings. The van der Waals surface area contributed by atoms with Gasteiger partial charge in [0.1, 0.15) is 11.5 Å². The van der Waals surface area contributed by atoms with E-state index in [1.165, 1.54) is 0 Å². The first-order chi connectivity index (χ1) is 9.51. The van der Waals surface area contributed by atoms with Gasteiger partial charge in [0.15, 0.2) is 0 Å². The Labute approximate surface area is 133 Å². The van der Waals surface area contributed by atoms with E-state index in [4.69, 9.17) is 22.1 Å². The van der Waals surface area contributed by atoms with Gasteiger partial charge in [0, 0.05) is 4.47 Å². The molecule has 4 heteroatoms. The van der Waals surface area contributed by atoms with Gasteiger partial charge in [0.2, 0.25) is 0 Å². The van der Waals surface area contributed by atoms with E-state index in [0.29, 0.717) is 17.3 Å². The van der Waals surface area contributed by atoms with Crippen molar-refractivity contribution >= 4 is 27.5 Å². The molecule has 0 aliphatic rings. The molecule has 2 nitrogen and oxygen atoms in total. The second kappa shape index (κ2) is 6.61. The number of hydrogen-bond donors (Lipinski definition) is 1. The zero-order valence-corrected chi connectivity index (χ0v) is 13.9. The molecule has 0 bridgehead atoms. The summed E-state index contributed by atoms with van der Waals surface area (Å²) in [5, 5.41) is 0.606. The summed E-state index contributed by atoms with van der Waals surface area (Å²) in [5.41, 5.74) is 8.93. The molecule has 0 aliphatic heterocycles. The van der Waals surface area contributed by atoms with Crippen molar-refractivity contribution < 1.29 is 4.74 Å². The predicted octanol–water partition coefficient (Wildman–Crippen LogP) is 5.01. The van der Waals surface area contributed by atoms with Crippen LogP contribution < -0.4 is 10.5 Å². The maximum atomic E-state index is 6.25. The van der Waals surface area contributed by atoms with E-state index in [-0.39, 0.29) is 0 Å². The average molecular weight is 355 g/mol. The van der Waals surface area contributed by atoms with Crippen LogP contribution in [0, 0.1) is 13.8 Å². The molecule has 106 valence electrons. The Hall–Kier alpha value is -1.03. The van der Waals surface area contributed by atoms with Gasteiger partial charge >= 0.3 is 0 Å². The molecule has 0 saturated heterocycles. The van der Waals surface area contributed by atoms with E-state index in [0.717, 1.165) is 33.3 Å². The number of rotatable bonds is 4. The minimum atomic E-state index is 0.606. The highest BCUT2D eigenvalue weighted by molar-refractivity contribution is 9.10. The van der Waals surface area contributed by atoms with E-state index in [2.05, 4.69) is 15.9 Å². The first-order valence-corrected chi connectivity index (χ1v) is 7.61. The van der Waals surface area contributed by atoms with Gasteiger partial charge in [-0.2, -0.15) is 0 Å². The third-order valence-electron chi connectivity index (χ3n) is 3.07. The summed E-state index contributed by atoms with van der Waals surface area (Å²) in [6.07, 6.45) is 0.816. The average Bonchev–Trinajstić information content (AvgIpc) is 2.39. The lowest BCUT2D eigenvalue weighted by Crippen LogP contribution is -2.02. The van der Waals surface area contributed by atoms with Gasteiger partial charge in [-0.05, 0) is 67.8 Å². The van der Waals surface area contributed by atoms with Crippen LogP contribution in [0.25, 0.3) is 0 Å². The molecular formula is C16H17BrClNO. The van der Waals surface area contributed by atoms with Crippen molar-refractivity contribution in [3.63, 3.8) is 0 Å². The van der Waals surface area contributed by atoms with Crippen molar-refractivity contribution in [1.29, 1.82) is 0 Å². The van der Waals surface area contributed by atoms with Crippen LogP contribution >= 0.6 is 27.5 Å². The van der Waals surface area contributed by atoms with Gasteiger partial charge in [-0.15, -0.1) is 0 Å². The minimum Gasteiger partial charge on any atom is -0.456 e.